The number of hydrogen-bond donors (Lipinski definition) is 0. The Morgan fingerprint density at radius 1 is 0.266 bits per heavy atom. The summed E-state index contributed by atoms with van der Waals surface area (Å²) in [6, 6.07) is 0. The van der Waals surface area contributed by atoms with Gasteiger partial charge in [-0.05, 0) is 116 Å². The van der Waals surface area contributed by atoms with Crippen LogP contribution < -0.4 is 0 Å². The molecule has 0 aromatic heterocycles. The largest absolute Gasteiger partial charge is 0.462 e. The van der Waals surface area contributed by atoms with E-state index >= 15 is 0 Å². The predicted molar refractivity (Wildman–Crippen MR) is 343 cm³/mol. The van der Waals surface area contributed by atoms with Gasteiger partial charge in [-0.1, -0.05) is 289 Å². The first-order valence-electron chi connectivity index (χ1n) is 32.7. The van der Waals surface area contributed by atoms with Crippen molar-refractivity contribution in [2.45, 2.75) is 297 Å². The van der Waals surface area contributed by atoms with Crippen molar-refractivity contribution in [2.24, 2.45) is 0 Å². The average molecular weight is 1090 g/mol. The van der Waals surface area contributed by atoms with Crippen molar-refractivity contribution in [2.75, 3.05) is 13.2 Å². The van der Waals surface area contributed by atoms with Gasteiger partial charge < -0.3 is 14.2 Å². The molecule has 0 aromatic carbocycles. The topological polar surface area (TPSA) is 78.9 Å². The molecule has 1 unspecified atom stereocenters. The molecule has 0 aliphatic carbocycles. The Balaban J connectivity index is 4.27. The molecule has 0 spiro atoms. The fraction of sp³-hybridized carbons (Fsp3) is 0.658. The zero-order valence-corrected chi connectivity index (χ0v) is 51.3. The average Bonchev–Trinajstić information content (AvgIpc) is 3.45. The van der Waals surface area contributed by atoms with E-state index in [2.05, 4.69) is 154 Å². The molecule has 79 heavy (non-hydrogen) atoms. The van der Waals surface area contributed by atoms with E-state index in [1.54, 1.807) is 0 Å². The minimum atomic E-state index is -0.790. The van der Waals surface area contributed by atoms with Gasteiger partial charge in [-0.25, -0.2) is 0 Å². The van der Waals surface area contributed by atoms with E-state index in [1.165, 1.54) is 109 Å². The third kappa shape index (κ3) is 64.3. The molecule has 1 atom stereocenters. The second kappa shape index (κ2) is 66.1. The van der Waals surface area contributed by atoms with Crippen molar-refractivity contribution >= 4 is 17.9 Å². The third-order valence-electron chi connectivity index (χ3n) is 13.7. The summed E-state index contributed by atoms with van der Waals surface area (Å²) < 4.78 is 16.9. The molecule has 0 N–H and O–H groups in total. The number of rotatable bonds is 58. The number of carbonyl (C=O) groups excluding carboxylic acids is 3. The summed E-state index contributed by atoms with van der Waals surface area (Å²) in [5.74, 6) is -0.903. The van der Waals surface area contributed by atoms with Crippen LogP contribution in [-0.2, 0) is 28.6 Å². The van der Waals surface area contributed by atoms with Crippen LogP contribution in [0.5, 0.6) is 0 Å². The van der Waals surface area contributed by atoms with Crippen LogP contribution in [0.2, 0.25) is 0 Å². The van der Waals surface area contributed by atoms with Gasteiger partial charge >= 0.3 is 17.9 Å². The quantitative estimate of drug-likeness (QED) is 0.0261. The maximum Gasteiger partial charge on any atom is 0.306 e. The molecule has 0 radical (unpaired) electrons. The number of hydrogen-bond acceptors (Lipinski definition) is 6. The molecule has 0 rings (SSSR count). The summed E-state index contributed by atoms with van der Waals surface area (Å²) in [5, 5.41) is 0. The first kappa shape index (κ1) is 74.5. The lowest BCUT2D eigenvalue weighted by Gasteiger charge is -2.18. The van der Waals surface area contributed by atoms with Crippen LogP contribution in [0.4, 0.5) is 0 Å². The number of unbranched alkanes of at least 4 members (excludes halogenated alkanes) is 25. The second-order valence-electron chi connectivity index (χ2n) is 21.3. The zero-order chi connectivity index (χ0) is 57.1. The molecule has 6 heteroatoms. The maximum absolute atomic E-state index is 12.9. The molecule has 0 heterocycles. The van der Waals surface area contributed by atoms with Crippen molar-refractivity contribution in [1.29, 1.82) is 0 Å². The molecule has 0 fully saturated rings. The minimum absolute atomic E-state index is 0.0862. The normalized spacial score (nSPS) is 13.0. The van der Waals surface area contributed by atoms with E-state index < -0.39 is 6.10 Å². The van der Waals surface area contributed by atoms with Gasteiger partial charge in [0.05, 0.1) is 0 Å². The van der Waals surface area contributed by atoms with Crippen molar-refractivity contribution < 1.29 is 28.6 Å². The van der Waals surface area contributed by atoms with Crippen LogP contribution in [0.3, 0.4) is 0 Å². The summed E-state index contributed by atoms with van der Waals surface area (Å²) in [7, 11) is 0. The van der Waals surface area contributed by atoms with Gasteiger partial charge in [0.1, 0.15) is 13.2 Å². The fourth-order valence-electron chi connectivity index (χ4n) is 8.83. The molecule has 0 aromatic rings. The van der Waals surface area contributed by atoms with Gasteiger partial charge in [0.15, 0.2) is 6.10 Å². The lowest BCUT2D eigenvalue weighted by Crippen LogP contribution is -2.30. The molecular weight excluding hydrogens is 973 g/mol. The summed E-state index contributed by atoms with van der Waals surface area (Å²) in [5.41, 5.74) is 0. The van der Waals surface area contributed by atoms with Gasteiger partial charge in [-0.2, -0.15) is 0 Å². The Bertz CT molecular complexity index is 1680. The van der Waals surface area contributed by atoms with E-state index in [0.717, 1.165) is 141 Å². The van der Waals surface area contributed by atoms with E-state index in [-0.39, 0.29) is 31.1 Å². The number of esters is 3. The van der Waals surface area contributed by atoms with E-state index in [4.69, 9.17) is 14.2 Å². The highest BCUT2D eigenvalue weighted by molar-refractivity contribution is 5.71. The minimum Gasteiger partial charge on any atom is -0.462 e. The predicted octanol–water partition coefficient (Wildman–Crippen LogP) is 22.5. The molecule has 6 nitrogen and oxygen atoms in total. The van der Waals surface area contributed by atoms with Gasteiger partial charge in [-0.15, -0.1) is 0 Å². The van der Waals surface area contributed by atoms with E-state index in [1.807, 2.05) is 0 Å². The van der Waals surface area contributed by atoms with Crippen LogP contribution >= 0.6 is 0 Å². The molecule has 0 saturated carbocycles. The Labute approximate surface area is 487 Å². The lowest BCUT2D eigenvalue weighted by atomic mass is 10.0. The van der Waals surface area contributed by atoms with Crippen LogP contribution in [0.25, 0.3) is 0 Å². The molecule has 0 saturated heterocycles. The molecule has 0 bridgehead atoms. The highest BCUT2D eigenvalue weighted by Crippen LogP contribution is 2.16. The number of ether oxygens (including phenoxy) is 3. The summed E-state index contributed by atoms with van der Waals surface area (Å²) in [6.45, 7) is 6.39. The molecule has 0 aliphatic heterocycles. The molecule has 0 amide bonds. The SMILES string of the molecule is CC/C=C\C/C=C\C/C=C\C/C=C\C/C=C\C/C=C\CCCCCCCCC(=O)OC(COC(=O)CCCCCCCCCCC)COC(=O)CCCCCCCCCCCCC/C=C\C/C=C\C/C=C\C/C=C\C/C=C\CC. The summed E-state index contributed by atoms with van der Waals surface area (Å²) in [4.78, 5) is 38.2. The Hall–Kier alpha value is -4.45. The Morgan fingerprint density at radius 3 is 0.772 bits per heavy atom. The third-order valence-corrected chi connectivity index (χ3v) is 13.7. The lowest BCUT2D eigenvalue weighted by molar-refractivity contribution is -0.167. The van der Waals surface area contributed by atoms with Crippen LogP contribution in [0.15, 0.2) is 134 Å². The van der Waals surface area contributed by atoms with Crippen LogP contribution in [-0.4, -0.2) is 37.2 Å². The van der Waals surface area contributed by atoms with Gasteiger partial charge in [0.2, 0.25) is 0 Å². The zero-order valence-electron chi connectivity index (χ0n) is 51.3. The smallest absolute Gasteiger partial charge is 0.306 e. The molecular formula is C73H120O6. The van der Waals surface area contributed by atoms with Crippen molar-refractivity contribution in [1.82, 2.24) is 0 Å². The second-order valence-corrected chi connectivity index (χ2v) is 21.3. The highest BCUT2D eigenvalue weighted by atomic mass is 16.6. The van der Waals surface area contributed by atoms with Gasteiger partial charge in [0.25, 0.3) is 0 Å². The maximum atomic E-state index is 12.9. The summed E-state index contributed by atoms with van der Waals surface area (Å²) >= 11 is 0. The number of carbonyl (C=O) groups is 3. The Kier molecular flexibility index (Phi) is 62.3. The van der Waals surface area contributed by atoms with E-state index in [9.17, 15) is 14.4 Å². The monoisotopic (exact) mass is 1090 g/mol. The van der Waals surface area contributed by atoms with Crippen molar-refractivity contribution in [3.05, 3.63) is 134 Å². The first-order chi connectivity index (χ1) is 39.0. The highest BCUT2D eigenvalue weighted by Gasteiger charge is 2.19. The summed E-state index contributed by atoms with van der Waals surface area (Å²) in [6.07, 6.45) is 93.2. The van der Waals surface area contributed by atoms with Crippen LogP contribution in [0.1, 0.15) is 290 Å². The Morgan fingerprint density at radius 2 is 0.494 bits per heavy atom. The van der Waals surface area contributed by atoms with Gasteiger partial charge in [-0.3, -0.25) is 14.4 Å². The van der Waals surface area contributed by atoms with Crippen molar-refractivity contribution in [3.63, 3.8) is 0 Å². The number of allylic oxidation sites excluding steroid dienone is 22. The fourth-order valence-corrected chi connectivity index (χ4v) is 8.83. The van der Waals surface area contributed by atoms with Crippen molar-refractivity contribution in [3.8, 4) is 0 Å². The standard InChI is InChI=1S/C73H120O6/c1-4-7-10-13-16-19-21-23-25-27-29-31-33-35-36-38-39-41-43-45-47-49-51-54-57-60-63-66-72(75)78-69-70(68-77-71(74)65-62-59-56-53-18-15-12-9-6-3)79-73(76)67-64-61-58-55-52-50-48-46-44-42-40-37-34-32-30-28-26-24-22-20-17-14-11-8-5-2/h7-8,10-11,16-17,19-20,23-26,29-32,35-37,40,44,46,70H,4-6,9,12-15,18,21-22,27-28,33-34,38-39,41-43,45,47-69H2,1-3H3/b10-7-,11-8-,19-16-,20-17-,25-23-,26-24-,31-29-,32-30-,36-35-,40-37-,46-44-. The molecule has 448 valence electrons. The molecule has 0 aliphatic rings. The van der Waals surface area contributed by atoms with E-state index in [0.29, 0.717) is 19.3 Å². The van der Waals surface area contributed by atoms with Gasteiger partial charge in [0, 0.05) is 19.3 Å². The first-order valence-corrected chi connectivity index (χ1v) is 32.7. The van der Waals surface area contributed by atoms with Crippen LogP contribution in [0, 0.1) is 0 Å².